The lowest BCUT2D eigenvalue weighted by molar-refractivity contribution is -0.384. The van der Waals surface area contributed by atoms with E-state index in [4.69, 9.17) is 4.74 Å². The van der Waals surface area contributed by atoms with Crippen molar-refractivity contribution in [3.63, 3.8) is 0 Å². The summed E-state index contributed by atoms with van der Waals surface area (Å²) in [5.74, 6) is -1.06. The predicted molar refractivity (Wildman–Crippen MR) is 73.2 cm³/mol. The Morgan fingerprint density at radius 1 is 1.24 bits per heavy atom. The van der Waals surface area contributed by atoms with Gasteiger partial charge in [0.2, 0.25) is 0 Å². The molecule has 0 aliphatic heterocycles. The van der Waals surface area contributed by atoms with Crippen molar-refractivity contribution in [2.75, 3.05) is 6.61 Å². The van der Waals surface area contributed by atoms with Crippen molar-refractivity contribution in [1.29, 1.82) is 0 Å². The highest BCUT2D eigenvalue weighted by Gasteiger charge is 2.18. The van der Waals surface area contributed by atoms with Crippen LogP contribution < -0.4 is 0 Å². The van der Waals surface area contributed by atoms with Crippen LogP contribution in [0.2, 0.25) is 0 Å². The van der Waals surface area contributed by atoms with Gasteiger partial charge in [0.15, 0.2) is 0 Å². The van der Waals surface area contributed by atoms with E-state index in [9.17, 15) is 19.7 Å². The van der Waals surface area contributed by atoms with Crippen LogP contribution in [-0.4, -0.2) is 28.0 Å². The van der Waals surface area contributed by atoms with Gasteiger partial charge in [0.05, 0.1) is 11.5 Å². The van der Waals surface area contributed by atoms with E-state index in [2.05, 4.69) is 0 Å². The number of non-ortho nitro benzene ring substituents is 1. The molecule has 2 aromatic rings. The number of carbonyl (C=O) groups is 2. The fraction of sp³-hybridized carbons (Fsp3) is 0.143. The predicted octanol–water partition coefficient (Wildman–Crippen LogP) is 2.26. The molecular weight excluding hydrogens is 276 g/mol. The first-order valence-corrected chi connectivity index (χ1v) is 6.18. The van der Waals surface area contributed by atoms with E-state index >= 15 is 0 Å². The van der Waals surface area contributed by atoms with E-state index in [1.165, 1.54) is 36.5 Å². The minimum absolute atomic E-state index is 0.107. The van der Waals surface area contributed by atoms with Gasteiger partial charge < -0.3 is 4.74 Å². The quantitative estimate of drug-likeness (QED) is 0.489. The summed E-state index contributed by atoms with van der Waals surface area (Å²) in [5, 5.41) is 10.6. The molecule has 0 bridgehead atoms. The topological polar surface area (TPSA) is 91.4 Å². The molecule has 0 atom stereocenters. The Bertz CT molecular complexity index is 688. The van der Waals surface area contributed by atoms with Crippen molar-refractivity contribution in [2.45, 2.75) is 6.92 Å². The molecule has 1 aromatic carbocycles. The second-order valence-corrected chi connectivity index (χ2v) is 4.09. The van der Waals surface area contributed by atoms with E-state index in [1.54, 1.807) is 13.0 Å². The largest absolute Gasteiger partial charge is 0.461 e. The Kier molecular flexibility index (Phi) is 4.13. The first-order chi connectivity index (χ1) is 10.0. The van der Waals surface area contributed by atoms with Gasteiger partial charge in [-0.05, 0) is 31.2 Å². The number of ether oxygens (including phenoxy) is 1. The van der Waals surface area contributed by atoms with Gasteiger partial charge in [0.25, 0.3) is 11.6 Å². The monoisotopic (exact) mass is 288 g/mol. The first kappa shape index (κ1) is 14.4. The fourth-order valence-corrected chi connectivity index (χ4v) is 1.79. The number of hydrogen-bond acceptors (Lipinski definition) is 5. The fourth-order valence-electron chi connectivity index (χ4n) is 1.79. The van der Waals surface area contributed by atoms with Crippen molar-refractivity contribution in [1.82, 2.24) is 4.57 Å². The van der Waals surface area contributed by atoms with Gasteiger partial charge in [-0.3, -0.25) is 19.5 Å². The zero-order chi connectivity index (χ0) is 15.4. The van der Waals surface area contributed by atoms with Crippen LogP contribution in [0.5, 0.6) is 0 Å². The van der Waals surface area contributed by atoms with Crippen LogP contribution >= 0.6 is 0 Å². The second kappa shape index (κ2) is 6.00. The van der Waals surface area contributed by atoms with Crippen molar-refractivity contribution < 1.29 is 19.2 Å². The molecule has 0 saturated heterocycles. The highest BCUT2D eigenvalue weighted by Crippen LogP contribution is 2.14. The normalized spacial score (nSPS) is 10.1. The maximum atomic E-state index is 12.3. The van der Waals surface area contributed by atoms with Gasteiger partial charge in [-0.25, -0.2) is 4.79 Å². The standard InChI is InChI=1S/C14H12N2O5/c1-2-21-14(18)12-4-3-9-15(12)13(17)10-5-7-11(8-6-10)16(19)20/h3-9H,2H2,1H3. The van der Waals surface area contributed by atoms with Crippen LogP contribution in [0.1, 0.15) is 27.8 Å². The molecule has 0 fully saturated rings. The van der Waals surface area contributed by atoms with Crippen LogP contribution in [-0.2, 0) is 4.74 Å². The maximum absolute atomic E-state index is 12.3. The molecule has 7 nitrogen and oxygen atoms in total. The molecule has 7 heteroatoms. The summed E-state index contributed by atoms with van der Waals surface area (Å²) in [6, 6.07) is 8.18. The molecule has 0 amide bonds. The highest BCUT2D eigenvalue weighted by molar-refractivity contribution is 6.01. The van der Waals surface area contributed by atoms with Crippen LogP contribution in [0.25, 0.3) is 0 Å². The maximum Gasteiger partial charge on any atom is 0.355 e. The number of benzene rings is 1. The summed E-state index contributed by atoms with van der Waals surface area (Å²) in [5.41, 5.74) is 0.243. The van der Waals surface area contributed by atoms with E-state index in [0.717, 1.165) is 4.57 Å². The molecule has 0 unspecified atom stereocenters. The Hall–Kier alpha value is -2.96. The Morgan fingerprint density at radius 3 is 2.48 bits per heavy atom. The third-order valence-corrected chi connectivity index (χ3v) is 2.78. The molecule has 21 heavy (non-hydrogen) atoms. The van der Waals surface area contributed by atoms with Crippen LogP contribution in [0, 0.1) is 10.1 Å². The molecule has 0 aliphatic carbocycles. The van der Waals surface area contributed by atoms with Gasteiger partial charge in [0.1, 0.15) is 5.69 Å². The lowest BCUT2D eigenvalue weighted by atomic mass is 10.2. The van der Waals surface area contributed by atoms with Crippen molar-refractivity contribution >= 4 is 17.6 Å². The van der Waals surface area contributed by atoms with E-state index in [-0.39, 0.29) is 23.6 Å². The number of aromatic nitrogens is 1. The number of carbonyl (C=O) groups excluding carboxylic acids is 2. The number of rotatable bonds is 4. The van der Waals surface area contributed by atoms with Crippen LogP contribution in [0.3, 0.4) is 0 Å². The van der Waals surface area contributed by atoms with E-state index in [1.807, 2.05) is 0 Å². The summed E-state index contributed by atoms with van der Waals surface area (Å²) in [7, 11) is 0. The number of esters is 1. The molecule has 2 rings (SSSR count). The summed E-state index contributed by atoms with van der Waals surface area (Å²) < 4.78 is 6.01. The molecule has 0 N–H and O–H groups in total. The van der Waals surface area contributed by atoms with Crippen molar-refractivity contribution in [3.8, 4) is 0 Å². The summed E-state index contributed by atoms with van der Waals surface area (Å²) in [6.45, 7) is 1.87. The third-order valence-electron chi connectivity index (χ3n) is 2.78. The lowest BCUT2D eigenvalue weighted by Gasteiger charge is -2.07. The third kappa shape index (κ3) is 2.97. The van der Waals surface area contributed by atoms with E-state index < -0.39 is 16.8 Å². The number of nitro groups is 1. The first-order valence-electron chi connectivity index (χ1n) is 6.18. The van der Waals surface area contributed by atoms with Crippen molar-refractivity contribution in [2.24, 2.45) is 0 Å². The smallest absolute Gasteiger partial charge is 0.355 e. The molecule has 0 radical (unpaired) electrons. The summed E-state index contributed by atoms with van der Waals surface area (Å²) in [6.07, 6.45) is 1.44. The molecule has 0 saturated carbocycles. The van der Waals surface area contributed by atoms with Gasteiger partial charge >= 0.3 is 5.97 Å². The van der Waals surface area contributed by atoms with Gasteiger partial charge in [-0.15, -0.1) is 0 Å². The summed E-state index contributed by atoms with van der Waals surface area (Å²) >= 11 is 0. The molecular formula is C14H12N2O5. The average Bonchev–Trinajstić information content (AvgIpc) is 2.96. The average molecular weight is 288 g/mol. The van der Waals surface area contributed by atoms with Gasteiger partial charge in [-0.2, -0.15) is 0 Å². The zero-order valence-electron chi connectivity index (χ0n) is 11.2. The van der Waals surface area contributed by atoms with E-state index in [0.29, 0.717) is 0 Å². The van der Waals surface area contributed by atoms with Gasteiger partial charge in [-0.1, -0.05) is 0 Å². The number of hydrogen-bond donors (Lipinski definition) is 0. The SMILES string of the molecule is CCOC(=O)c1cccn1C(=O)c1ccc([N+](=O)[O-])cc1. The minimum Gasteiger partial charge on any atom is -0.461 e. The Labute approximate surface area is 119 Å². The Morgan fingerprint density at radius 2 is 1.90 bits per heavy atom. The number of nitro benzene ring substituents is 1. The zero-order valence-corrected chi connectivity index (χ0v) is 11.2. The highest BCUT2D eigenvalue weighted by atomic mass is 16.6. The second-order valence-electron chi connectivity index (χ2n) is 4.09. The molecule has 1 aromatic heterocycles. The van der Waals surface area contributed by atoms with Crippen LogP contribution in [0.4, 0.5) is 5.69 Å². The lowest BCUT2D eigenvalue weighted by Crippen LogP contribution is -2.18. The number of nitrogens with zero attached hydrogens (tertiary/aromatic N) is 2. The molecule has 108 valence electrons. The Balaban J connectivity index is 2.30. The molecule has 0 spiro atoms. The molecule has 0 aliphatic rings. The van der Waals surface area contributed by atoms with Crippen LogP contribution in [0.15, 0.2) is 42.6 Å². The summed E-state index contributed by atoms with van der Waals surface area (Å²) in [4.78, 5) is 34.1. The van der Waals surface area contributed by atoms with Crippen molar-refractivity contribution in [3.05, 3.63) is 64.0 Å². The minimum atomic E-state index is -0.599. The van der Waals surface area contributed by atoms with Gasteiger partial charge in [0, 0.05) is 23.9 Å². The molecule has 1 heterocycles.